The molecule has 4 nitrogen and oxygen atoms in total. The number of nitrogens with zero attached hydrogens (tertiary/aromatic N) is 1. The minimum atomic E-state index is -1.11. The Bertz CT molecular complexity index is 386. The first kappa shape index (κ1) is 10.9. The van der Waals surface area contributed by atoms with Gasteiger partial charge in [-0.1, -0.05) is 11.6 Å². The van der Waals surface area contributed by atoms with Gasteiger partial charge in [0.1, 0.15) is 10.8 Å². The second-order valence-corrected chi connectivity index (χ2v) is 3.06. The Labute approximate surface area is 87.4 Å². The molecular weight excluding hydrogens is 236 g/mol. The molecule has 0 fully saturated rings. The molecule has 0 aliphatic heterocycles. The molecule has 0 spiro atoms. The normalized spacial score (nSPS) is 9.93. The molecule has 7 heteroatoms. The zero-order valence-corrected chi connectivity index (χ0v) is 7.97. The molecular formula is C7H2Cl2FNO3. The summed E-state index contributed by atoms with van der Waals surface area (Å²) in [5.74, 6) is -0.986. The van der Waals surface area contributed by atoms with Crippen LogP contribution in [0.15, 0.2) is 12.1 Å². The molecule has 74 valence electrons. The molecule has 1 aromatic carbocycles. The van der Waals surface area contributed by atoms with Crippen LogP contribution < -0.4 is 0 Å². The number of hydrogen-bond acceptors (Lipinski definition) is 3. The Kier molecular flexibility index (Phi) is 3.03. The van der Waals surface area contributed by atoms with E-state index in [2.05, 4.69) is 0 Å². The van der Waals surface area contributed by atoms with Crippen molar-refractivity contribution >= 4 is 34.1 Å². The number of carbonyl (C=O) groups excluding carboxylic acids is 1. The highest BCUT2D eigenvalue weighted by Gasteiger charge is 2.19. The molecule has 0 N–H and O–H groups in total. The number of benzene rings is 1. The maximum absolute atomic E-state index is 12.9. The van der Waals surface area contributed by atoms with Crippen molar-refractivity contribution in [2.24, 2.45) is 0 Å². The van der Waals surface area contributed by atoms with Crippen molar-refractivity contribution < 1.29 is 14.1 Å². The van der Waals surface area contributed by atoms with E-state index in [0.29, 0.717) is 12.1 Å². The number of rotatable bonds is 2. The quantitative estimate of drug-likeness (QED) is 0.452. The minimum Gasteiger partial charge on any atom is -0.275 e. The van der Waals surface area contributed by atoms with E-state index in [9.17, 15) is 19.3 Å². The first-order valence-corrected chi connectivity index (χ1v) is 4.02. The van der Waals surface area contributed by atoms with Crippen LogP contribution in [0.25, 0.3) is 0 Å². The molecule has 0 bridgehead atoms. The van der Waals surface area contributed by atoms with Gasteiger partial charge in [-0.3, -0.25) is 14.9 Å². The summed E-state index contributed by atoms with van der Waals surface area (Å²) in [5, 5.41) is 8.86. The molecule has 0 aromatic heterocycles. The predicted octanol–water partition coefficient (Wildman–Crippen LogP) is 2.77. The molecule has 1 aromatic rings. The maximum atomic E-state index is 12.9. The molecule has 0 saturated carbocycles. The first-order chi connectivity index (χ1) is 6.43. The summed E-state index contributed by atoms with van der Waals surface area (Å²) in [7, 11) is 0. The summed E-state index contributed by atoms with van der Waals surface area (Å²) in [6.07, 6.45) is 0. The van der Waals surface area contributed by atoms with Gasteiger partial charge in [-0.2, -0.15) is 0 Å². The Morgan fingerprint density at radius 3 is 2.50 bits per heavy atom. The Morgan fingerprint density at radius 1 is 1.50 bits per heavy atom. The van der Waals surface area contributed by atoms with Gasteiger partial charge in [0.25, 0.3) is 10.9 Å². The molecule has 0 aliphatic rings. The van der Waals surface area contributed by atoms with E-state index in [1.54, 1.807) is 0 Å². The van der Waals surface area contributed by atoms with Gasteiger partial charge in [0.15, 0.2) is 0 Å². The summed E-state index contributed by atoms with van der Waals surface area (Å²) >= 11 is 10.4. The van der Waals surface area contributed by atoms with Crippen LogP contribution in [0.4, 0.5) is 10.1 Å². The summed E-state index contributed by atoms with van der Waals surface area (Å²) in [6.45, 7) is 0. The lowest BCUT2D eigenvalue weighted by molar-refractivity contribution is -0.384. The third kappa shape index (κ3) is 2.00. The van der Waals surface area contributed by atoms with Gasteiger partial charge in [0.2, 0.25) is 0 Å². The topological polar surface area (TPSA) is 60.2 Å². The third-order valence-electron chi connectivity index (χ3n) is 1.44. The zero-order chi connectivity index (χ0) is 10.9. The highest BCUT2D eigenvalue weighted by Crippen LogP contribution is 2.27. The van der Waals surface area contributed by atoms with Crippen molar-refractivity contribution in [3.05, 3.63) is 38.7 Å². The van der Waals surface area contributed by atoms with Crippen LogP contribution in [0, 0.1) is 15.9 Å². The van der Waals surface area contributed by atoms with E-state index in [0.717, 1.165) is 0 Å². The monoisotopic (exact) mass is 237 g/mol. The van der Waals surface area contributed by atoms with Crippen LogP contribution in [-0.4, -0.2) is 10.2 Å². The van der Waals surface area contributed by atoms with Crippen LogP contribution in [0.5, 0.6) is 0 Å². The van der Waals surface area contributed by atoms with E-state index in [1.807, 2.05) is 0 Å². The highest BCUT2D eigenvalue weighted by molar-refractivity contribution is 6.67. The van der Waals surface area contributed by atoms with Crippen molar-refractivity contribution in [1.82, 2.24) is 0 Å². The zero-order valence-electron chi connectivity index (χ0n) is 6.46. The molecule has 0 unspecified atom stereocenters. The van der Waals surface area contributed by atoms with Crippen LogP contribution in [-0.2, 0) is 0 Å². The lowest BCUT2D eigenvalue weighted by Gasteiger charge is -1.99. The van der Waals surface area contributed by atoms with Crippen LogP contribution in [0.2, 0.25) is 5.02 Å². The molecule has 0 amide bonds. The van der Waals surface area contributed by atoms with Gasteiger partial charge in [-0.15, -0.1) is 0 Å². The molecule has 0 radical (unpaired) electrons. The van der Waals surface area contributed by atoms with E-state index in [4.69, 9.17) is 23.2 Å². The van der Waals surface area contributed by atoms with Crippen molar-refractivity contribution in [2.45, 2.75) is 0 Å². The smallest absolute Gasteiger partial charge is 0.275 e. The largest absolute Gasteiger partial charge is 0.288 e. The molecule has 14 heavy (non-hydrogen) atoms. The first-order valence-electron chi connectivity index (χ1n) is 3.26. The summed E-state index contributed by atoms with van der Waals surface area (Å²) in [5.41, 5.74) is -1.13. The SMILES string of the molecule is O=C(Cl)c1cc([N+](=O)[O-])c(Cl)cc1F. The van der Waals surface area contributed by atoms with Crippen molar-refractivity contribution in [2.75, 3.05) is 0 Å². The Morgan fingerprint density at radius 2 is 2.07 bits per heavy atom. The van der Waals surface area contributed by atoms with Crippen molar-refractivity contribution in [3.63, 3.8) is 0 Å². The fourth-order valence-electron chi connectivity index (χ4n) is 0.828. The fourth-order valence-corrected chi connectivity index (χ4v) is 1.19. The minimum absolute atomic E-state index is 0.380. The summed E-state index contributed by atoms with van der Waals surface area (Å²) < 4.78 is 12.9. The van der Waals surface area contributed by atoms with Crippen molar-refractivity contribution in [3.8, 4) is 0 Å². The second-order valence-electron chi connectivity index (χ2n) is 2.31. The van der Waals surface area contributed by atoms with Gasteiger partial charge >= 0.3 is 0 Å². The molecule has 1 rings (SSSR count). The lowest BCUT2D eigenvalue weighted by Crippen LogP contribution is -1.98. The van der Waals surface area contributed by atoms with Crippen LogP contribution in [0.1, 0.15) is 10.4 Å². The predicted molar refractivity (Wildman–Crippen MR) is 48.2 cm³/mol. The third-order valence-corrected chi connectivity index (χ3v) is 1.95. The number of carbonyl (C=O) groups is 1. The average molecular weight is 238 g/mol. The highest BCUT2D eigenvalue weighted by atomic mass is 35.5. The van der Waals surface area contributed by atoms with E-state index in [1.165, 1.54) is 0 Å². The van der Waals surface area contributed by atoms with Gasteiger partial charge in [-0.05, 0) is 11.6 Å². The van der Waals surface area contributed by atoms with E-state index in [-0.39, 0.29) is 5.02 Å². The second kappa shape index (κ2) is 3.89. The van der Waals surface area contributed by atoms with Crippen LogP contribution >= 0.6 is 23.2 Å². The molecule has 0 saturated heterocycles. The van der Waals surface area contributed by atoms with Gasteiger partial charge in [0.05, 0.1) is 10.5 Å². The Hall–Kier alpha value is -1.20. The Balaban J connectivity index is 3.42. The van der Waals surface area contributed by atoms with Gasteiger partial charge in [-0.25, -0.2) is 4.39 Å². The molecule has 0 aliphatic carbocycles. The van der Waals surface area contributed by atoms with Gasteiger partial charge in [0, 0.05) is 12.1 Å². The lowest BCUT2D eigenvalue weighted by atomic mass is 10.2. The number of nitro groups is 1. The fraction of sp³-hybridized carbons (Fsp3) is 0. The maximum Gasteiger partial charge on any atom is 0.288 e. The van der Waals surface area contributed by atoms with Gasteiger partial charge < -0.3 is 0 Å². The number of nitro benzene ring substituents is 1. The molecule has 0 heterocycles. The number of hydrogen-bond donors (Lipinski definition) is 0. The average Bonchev–Trinajstić information content (AvgIpc) is 2.02. The van der Waals surface area contributed by atoms with E-state index >= 15 is 0 Å². The summed E-state index contributed by atoms with van der Waals surface area (Å²) in [4.78, 5) is 20.1. The molecule has 0 atom stereocenters. The number of halogens is 3. The van der Waals surface area contributed by atoms with Crippen LogP contribution in [0.3, 0.4) is 0 Å². The summed E-state index contributed by atoms with van der Waals surface area (Å²) in [6, 6.07) is 1.38. The van der Waals surface area contributed by atoms with E-state index < -0.39 is 27.2 Å². The van der Waals surface area contributed by atoms with Crippen molar-refractivity contribution in [1.29, 1.82) is 0 Å². The standard InChI is InChI=1S/C7H2Cl2FNO3/c8-4-2-5(10)3(7(9)12)1-6(4)11(13)14/h1-2H.